The molecule has 5 rings (SSSR count). The van der Waals surface area contributed by atoms with Crippen LogP contribution < -0.4 is 15.5 Å². The van der Waals surface area contributed by atoms with Crippen molar-refractivity contribution in [1.29, 1.82) is 0 Å². The van der Waals surface area contributed by atoms with Gasteiger partial charge in [-0.05, 0) is 29.6 Å². The lowest BCUT2D eigenvalue weighted by Crippen LogP contribution is -2.48. The number of methoxy groups -OCH3 is 1. The number of carbonyl (C=O) groups excluding carboxylic acids is 3. The lowest BCUT2D eigenvalue weighted by atomic mass is 9.99. The van der Waals surface area contributed by atoms with Crippen molar-refractivity contribution < 1.29 is 23.5 Å². The van der Waals surface area contributed by atoms with Crippen LogP contribution in [0.4, 0.5) is 20.6 Å². The lowest BCUT2D eigenvalue weighted by Gasteiger charge is -2.25. The molecule has 192 valence electrons. The van der Waals surface area contributed by atoms with Crippen molar-refractivity contribution in [3.8, 4) is 0 Å². The van der Waals surface area contributed by atoms with Gasteiger partial charge in [0.2, 0.25) is 6.17 Å². The molecule has 1 aliphatic rings. The van der Waals surface area contributed by atoms with E-state index in [1.807, 2.05) is 0 Å². The molecule has 1 atom stereocenters. The topological polar surface area (TPSA) is 129 Å². The van der Waals surface area contributed by atoms with Crippen molar-refractivity contribution in [3.05, 3.63) is 100 Å². The average molecular weight is 533 g/mol. The summed E-state index contributed by atoms with van der Waals surface area (Å²) in [6, 6.07) is 13.8. The fraction of sp³-hybridized carbons (Fsp3) is 0.115. The molecule has 0 saturated carbocycles. The molecule has 0 spiro atoms. The zero-order valence-electron chi connectivity index (χ0n) is 20.0. The van der Waals surface area contributed by atoms with Gasteiger partial charge in [-0.15, -0.1) is 11.3 Å². The summed E-state index contributed by atoms with van der Waals surface area (Å²) in [5.41, 5.74) is 2.25. The standard InChI is InChI=1S/C26H21FN6O4S/c1-37-25(35)22-19(10-11-38-22)30-26(36)32-23-24(34)33(13-15-12-28-14-29-15)20-9-5-3-7-17(20)21(31-23)16-6-2-4-8-18(16)27/h2-12,14,23H,13H2,1H3,(H,28,29)(H2,30,32,36)/t23-/m0/s1. The average Bonchev–Trinajstić information content (AvgIpc) is 3.60. The van der Waals surface area contributed by atoms with E-state index in [4.69, 9.17) is 4.74 Å². The van der Waals surface area contributed by atoms with Gasteiger partial charge in [-0.1, -0.05) is 30.3 Å². The van der Waals surface area contributed by atoms with Gasteiger partial charge in [-0.25, -0.2) is 24.0 Å². The number of nitrogens with one attached hydrogen (secondary N) is 3. The van der Waals surface area contributed by atoms with Crippen LogP contribution in [-0.2, 0) is 16.1 Å². The maximum atomic E-state index is 15.0. The quantitative estimate of drug-likeness (QED) is 0.324. The summed E-state index contributed by atoms with van der Waals surface area (Å²) in [6.07, 6.45) is 1.66. The number of carbonyl (C=O) groups is 3. The number of benzene rings is 2. The molecule has 1 aliphatic heterocycles. The zero-order valence-corrected chi connectivity index (χ0v) is 20.8. The molecule has 38 heavy (non-hydrogen) atoms. The summed E-state index contributed by atoms with van der Waals surface area (Å²) >= 11 is 1.10. The predicted molar refractivity (Wildman–Crippen MR) is 140 cm³/mol. The summed E-state index contributed by atoms with van der Waals surface area (Å²) in [5, 5.41) is 6.76. The Morgan fingerprint density at radius 3 is 2.63 bits per heavy atom. The molecule has 3 N–H and O–H groups in total. The number of amides is 3. The smallest absolute Gasteiger partial charge is 0.350 e. The van der Waals surface area contributed by atoms with Gasteiger partial charge in [0.05, 0.1) is 42.8 Å². The van der Waals surface area contributed by atoms with Crippen LogP contribution >= 0.6 is 11.3 Å². The number of aromatic amines is 1. The van der Waals surface area contributed by atoms with Crippen molar-refractivity contribution in [2.75, 3.05) is 17.3 Å². The molecule has 3 amide bonds. The van der Waals surface area contributed by atoms with Gasteiger partial charge < -0.3 is 25.3 Å². The summed E-state index contributed by atoms with van der Waals surface area (Å²) < 4.78 is 19.7. The molecule has 3 heterocycles. The summed E-state index contributed by atoms with van der Waals surface area (Å²) in [5.74, 6) is -1.69. The van der Waals surface area contributed by atoms with Gasteiger partial charge in [0.25, 0.3) is 5.91 Å². The number of fused-ring (bicyclic) bond motifs is 1. The molecule has 0 aliphatic carbocycles. The first-order valence-electron chi connectivity index (χ1n) is 11.4. The Bertz CT molecular complexity index is 1530. The molecule has 0 fully saturated rings. The van der Waals surface area contributed by atoms with E-state index in [9.17, 15) is 18.8 Å². The largest absolute Gasteiger partial charge is 0.465 e. The van der Waals surface area contributed by atoms with Gasteiger partial charge in [0, 0.05) is 17.3 Å². The summed E-state index contributed by atoms with van der Waals surface area (Å²) in [7, 11) is 1.24. The van der Waals surface area contributed by atoms with E-state index in [0.29, 0.717) is 16.9 Å². The molecule has 0 saturated heterocycles. The third kappa shape index (κ3) is 4.89. The fourth-order valence-corrected chi connectivity index (χ4v) is 4.80. The van der Waals surface area contributed by atoms with Gasteiger partial charge in [-0.2, -0.15) is 0 Å². The Kier molecular flexibility index (Phi) is 6.96. The molecule has 0 unspecified atom stereocenters. The molecule has 0 radical (unpaired) electrons. The second-order valence-corrected chi connectivity index (χ2v) is 9.05. The molecule has 2 aromatic heterocycles. The highest BCUT2D eigenvalue weighted by Crippen LogP contribution is 2.30. The van der Waals surface area contributed by atoms with E-state index in [2.05, 4.69) is 25.6 Å². The number of aliphatic imine (C=N–C) groups is 1. The number of halogens is 1. The number of thiophene rings is 1. The Morgan fingerprint density at radius 2 is 1.89 bits per heavy atom. The molecule has 12 heteroatoms. The molecule has 0 bridgehead atoms. The van der Waals surface area contributed by atoms with E-state index in [1.165, 1.54) is 24.4 Å². The minimum Gasteiger partial charge on any atom is -0.465 e. The Labute approximate surface area is 220 Å². The number of benzodiazepines with no additional fused rings is 1. The number of para-hydroxylation sites is 1. The van der Waals surface area contributed by atoms with Crippen molar-refractivity contribution in [1.82, 2.24) is 15.3 Å². The van der Waals surface area contributed by atoms with Crippen LogP contribution in [0.3, 0.4) is 0 Å². The zero-order chi connectivity index (χ0) is 26.6. The number of anilines is 2. The van der Waals surface area contributed by atoms with Crippen molar-refractivity contribution in [2.24, 2.45) is 4.99 Å². The number of aromatic nitrogens is 2. The third-order valence-electron chi connectivity index (χ3n) is 5.77. The number of H-pyrrole nitrogens is 1. The van der Waals surface area contributed by atoms with Gasteiger partial charge in [-0.3, -0.25) is 4.79 Å². The van der Waals surface area contributed by atoms with E-state index in [1.54, 1.807) is 60.1 Å². The first kappa shape index (κ1) is 24.8. The van der Waals surface area contributed by atoms with Gasteiger partial charge in [0.15, 0.2) is 0 Å². The second kappa shape index (κ2) is 10.6. The van der Waals surface area contributed by atoms with E-state index < -0.39 is 29.9 Å². The van der Waals surface area contributed by atoms with Crippen LogP contribution in [0.2, 0.25) is 0 Å². The number of rotatable bonds is 6. The number of nitrogens with zero attached hydrogens (tertiary/aromatic N) is 3. The molecular weight excluding hydrogens is 511 g/mol. The minimum absolute atomic E-state index is 0.104. The van der Waals surface area contributed by atoms with Crippen molar-refractivity contribution in [2.45, 2.75) is 12.7 Å². The van der Waals surface area contributed by atoms with Crippen LogP contribution in [0.1, 0.15) is 26.5 Å². The Hall–Kier alpha value is -4.84. The summed E-state index contributed by atoms with van der Waals surface area (Å²) in [6.45, 7) is 0.104. The van der Waals surface area contributed by atoms with Gasteiger partial charge >= 0.3 is 12.0 Å². The number of hydrogen-bond acceptors (Lipinski definition) is 7. The van der Waals surface area contributed by atoms with Gasteiger partial charge in [0.1, 0.15) is 10.7 Å². The van der Waals surface area contributed by atoms with Crippen LogP contribution in [0.5, 0.6) is 0 Å². The molecule has 10 nitrogen and oxygen atoms in total. The molecular formula is C26H21FN6O4S. The lowest BCUT2D eigenvalue weighted by molar-refractivity contribution is -0.120. The highest BCUT2D eigenvalue weighted by Gasteiger charge is 2.34. The van der Waals surface area contributed by atoms with Crippen LogP contribution in [0.15, 0.2) is 77.5 Å². The SMILES string of the molecule is COC(=O)c1sccc1NC(=O)N[C@@H]1N=C(c2ccccc2F)c2ccccc2N(Cc2cnc[nH]2)C1=O. The molecule has 4 aromatic rings. The normalized spacial score (nSPS) is 14.8. The predicted octanol–water partition coefficient (Wildman–Crippen LogP) is 3.93. The minimum atomic E-state index is -1.42. The van der Waals surface area contributed by atoms with E-state index in [-0.39, 0.29) is 28.4 Å². The number of imidazole rings is 1. The van der Waals surface area contributed by atoms with Crippen LogP contribution in [0.25, 0.3) is 0 Å². The maximum Gasteiger partial charge on any atom is 0.350 e. The first-order valence-corrected chi connectivity index (χ1v) is 12.3. The number of ether oxygens (including phenoxy) is 1. The molecule has 2 aromatic carbocycles. The number of esters is 1. The van der Waals surface area contributed by atoms with E-state index >= 15 is 0 Å². The Balaban J connectivity index is 1.55. The van der Waals surface area contributed by atoms with Crippen molar-refractivity contribution >= 4 is 46.3 Å². The Morgan fingerprint density at radius 1 is 1.13 bits per heavy atom. The van der Waals surface area contributed by atoms with Crippen LogP contribution in [0, 0.1) is 5.82 Å². The second-order valence-electron chi connectivity index (χ2n) is 8.13. The maximum absolute atomic E-state index is 15.0. The van der Waals surface area contributed by atoms with E-state index in [0.717, 1.165) is 11.3 Å². The number of hydrogen-bond donors (Lipinski definition) is 3. The summed E-state index contributed by atoms with van der Waals surface area (Å²) in [4.78, 5) is 52.0. The number of urea groups is 1. The van der Waals surface area contributed by atoms with Crippen LogP contribution in [-0.4, -0.2) is 46.9 Å². The highest BCUT2D eigenvalue weighted by atomic mass is 32.1. The fourth-order valence-electron chi connectivity index (χ4n) is 4.04. The highest BCUT2D eigenvalue weighted by molar-refractivity contribution is 7.12. The first-order chi connectivity index (χ1) is 18.5. The van der Waals surface area contributed by atoms with Crippen molar-refractivity contribution in [3.63, 3.8) is 0 Å². The third-order valence-corrected chi connectivity index (χ3v) is 6.67. The monoisotopic (exact) mass is 532 g/mol.